The number of likely N-dealkylation sites (tertiary alicyclic amines) is 1. The molecule has 0 aliphatic carbocycles. The molecule has 1 amide bonds. The van der Waals surface area contributed by atoms with Gasteiger partial charge in [0.15, 0.2) is 0 Å². The van der Waals surface area contributed by atoms with E-state index in [1.807, 2.05) is 13.8 Å². The van der Waals surface area contributed by atoms with Crippen molar-refractivity contribution in [2.75, 3.05) is 13.1 Å². The molecule has 1 aromatic carbocycles. The largest absolute Gasteiger partial charge is 0.481 e. The van der Waals surface area contributed by atoms with Gasteiger partial charge in [-0.15, -0.1) is 0 Å². The molecule has 2 N–H and O–H groups in total. The minimum Gasteiger partial charge on any atom is -0.481 e. The number of rotatable bonds is 5. The molecule has 1 fully saturated rings. The van der Waals surface area contributed by atoms with Gasteiger partial charge in [-0.05, 0) is 43.5 Å². The van der Waals surface area contributed by atoms with Gasteiger partial charge < -0.3 is 10.0 Å². The highest BCUT2D eigenvalue weighted by molar-refractivity contribution is 5.80. The molecule has 138 valence electrons. The monoisotopic (exact) mass is 359 g/mol. The van der Waals surface area contributed by atoms with E-state index >= 15 is 0 Å². The number of nitrogens with one attached hydrogen (secondary N) is 1. The van der Waals surface area contributed by atoms with E-state index in [1.54, 1.807) is 17.0 Å². The zero-order valence-corrected chi connectivity index (χ0v) is 14.8. The molecular weight excluding hydrogens is 337 g/mol. The number of aliphatic carboxylic acids is 1. The average Bonchev–Trinajstić information content (AvgIpc) is 3.18. The normalized spacial score (nSPS) is 19.7. The highest BCUT2D eigenvalue weighted by Gasteiger charge is 2.40. The van der Waals surface area contributed by atoms with Crippen molar-refractivity contribution in [2.45, 2.75) is 32.6 Å². The third-order valence-corrected chi connectivity index (χ3v) is 5.16. The average molecular weight is 359 g/mol. The molecule has 2 atom stereocenters. The van der Waals surface area contributed by atoms with Gasteiger partial charge in [-0.3, -0.25) is 14.7 Å². The number of amides is 1. The van der Waals surface area contributed by atoms with Crippen molar-refractivity contribution >= 4 is 11.9 Å². The molecule has 0 bridgehead atoms. The number of hydrogen-bond acceptors (Lipinski definition) is 3. The fourth-order valence-corrected chi connectivity index (χ4v) is 3.64. The van der Waals surface area contributed by atoms with Crippen LogP contribution in [0.4, 0.5) is 4.39 Å². The van der Waals surface area contributed by atoms with Crippen LogP contribution in [0, 0.1) is 25.6 Å². The summed E-state index contributed by atoms with van der Waals surface area (Å²) in [6.45, 7) is 4.33. The van der Waals surface area contributed by atoms with Gasteiger partial charge in [0.2, 0.25) is 5.91 Å². The standard InChI is InChI=1S/C19H22FN3O3/c1-11-15(12(2)22-21-11)7-8-18(24)23-9-16(17(10-23)19(25)26)13-3-5-14(20)6-4-13/h3-6,16-17H,7-10H2,1-2H3,(H,21,22)(H,25,26)/t16-,17+/m1/s1. The molecule has 1 saturated heterocycles. The minimum atomic E-state index is -0.934. The molecule has 7 heteroatoms. The van der Waals surface area contributed by atoms with E-state index in [0.29, 0.717) is 19.4 Å². The lowest BCUT2D eigenvalue weighted by Crippen LogP contribution is -2.30. The lowest BCUT2D eigenvalue weighted by atomic mass is 9.89. The number of carboxylic acid groups (broad SMARTS) is 1. The van der Waals surface area contributed by atoms with Crippen molar-refractivity contribution in [2.24, 2.45) is 5.92 Å². The molecule has 1 aliphatic rings. The summed E-state index contributed by atoms with van der Waals surface area (Å²) >= 11 is 0. The zero-order chi connectivity index (χ0) is 18.8. The molecule has 3 rings (SSSR count). The summed E-state index contributed by atoms with van der Waals surface area (Å²) in [5.41, 5.74) is 3.60. The number of carboxylic acids is 1. The van der Waals surface area contributed by atoms with Crippen molar-refractivity contribution in [3.05, 3.63) is 52.6 Å². The second kappa shape index (κ2) is 7.27. The first-order chi connectivity index (χ1) is 12.4. The van der Waals surface area contributed by atoms with Crippen LogP contribution in [0.2, 0.25) is 0 Å². The lowest BCUT2D eigenvalue weighted by Gasteiger charge is -2.16. The van der Waals surface area contributed by atoms with Gasteiger partial charge in [0.25, 0.3) is 0 Å². The van der Waals surface area contributed by atoms with Crippen LogP contribution in [0.15, 0.2) is 24.3 Å². The Bertz CT molecular complexity index is 796. The van der Waals surface area contributed by atoms with Crippen LogP contribution in [0.5, 0.6) is 0 Å². The first kappa shape index (κ1) is 18.1. The Morgan fingerprint density at radius 1 is 1.27 bits per heavy atom. The number of nitrogens with zero attached hydrogens (tertiary/aromatic N) is 2. The topological polar surface area (TPSA) is 86.3 Å². The van der Waals surface area contributed by atoms with Crippen LogP contribution >= 0.6 is 0 Å². The molecule has 6 nitrogen and oxygen atoms in total. The van der Waals surface area contributed by atoms with Crippen LogP contribution in [0.3, 0.4) is 0 Å². The quantitative estimate of drug-likeness (QED) is 0.858. The van der Waals surface area contributed by atoms with E-state index in [1.165, 1.54) is 12.1 Å². The van der Waals surface area contributed by atoms with E-state index in [-0.39, 0.29) is 24.2 Å². The maximum Gasteiger partial charge on any atom is 0.308 e. The van der Waals surface area contributed by atoms with Crippen LogP contribution in [0.25, 0.3) is 0 Å². The van der Waals surface area contributed by atoms with E-state index in [2.05, 4.69) is 10.2 Å². The Balaban J connectivity index is 1.69. The Hall–Kier alpha value is -2.70. The molecule has 0 saturated carbocycles. The van der Waals surface area contributed by atoms with Gasteiger partial charge in [0.05, 0.1) is 11.6 Å². The highest BCUT2D eigenvalue weighted by Crippen LogP contribution is 2.33. The van der Waals surface area contributed by atoms with Gasteiger partial charge >= 0.3 is 5.97 Å². The number of hydrogen-bond donors (Lipinski definition) is 2. The summed E-state index contributed by atoms with van der Waals surface area (Å²) < 4.78 is 13.1. The number of benzene rings is 1. The number of halogens is 1. The number of aromatic amines is 1. The third-order valence-electron chi connectivity index (χ3n) is 5.16. The molecule has 0 spiro atoms. The second-order valence-electron chi connectivity index (χ2n) is 6.81. The first-order valence-corrected chi connectivity index (χ1v) is 8.63. The van der Waals surface area contributed by atoms with Crippen LogP contribution in [-0.4, -0.2) is 45.2 Å². The Morgan fingerprint density at radius 3 is 2.54 bits per heavy atom. The Kier molecular flexibility index (Phi) is 5.06. The number of aryl methyl sites for hydroxylation is 2. The van der Waals surface area contributed by atoms with Gasteiger partial charge in [0, 0.05) is 31.1 Å². The zero-order valence-electron chi connectivity index (χ0n) is 14.8. The molecular formula is C19H22FN3O3. The van der Waals surface area contributed by atoms with Crippen molar-refractivity contribution in [1.82, 2.24) is 15.1 Å². The van der Waals surface area contributed by atoms with Gasteiger partial charge in [-0.25, -0.2) is 4.39 Å². The first-order valence-electron chi connectivity index (χ1n) is 8.63. The summed E-state index contributed by atoms with van der Waals surface area (Å²) in [5.74, 6) is -2.37. The molecule has 2 aromatic rings. The lowest BCUT2D eigenvalue weighted by molar-refractivity contribution is -0.141. The second-order valence-corrected chi connectivity index (χ2v) is 6.81. The SMILES string of the molecule is Cc1n[nH]c(C)c1CCC(=O)N1C[C@H](C(=O)O)[C@@H](c2ccc(F)cc2)C1. The third kappa shape index (κ3) is 3.61. The van der Waals surface area contributed by atoms with Crippen LogP contribution in [-0.2, 0) is 16.0 Å². The fraction of sp³-hybridized carbons (Fsp3) is 0.421. The molecule has 2 heterocycles. The molecule has 0 radical (unpaired) electrons. The summed E-state index contributed by atoms with van der Waals surface area (Å²) in [5, 5.41) is 16.6. The Labute approximate surface area is 151 Å². The number of aromatic nitrogens is 2. The van der Waals surface area contributed by atoms with E-state index < -0.39 is 11.9 Å². The minimum absolute atomic E-state index is 0.0686. The molecule has 0 unspecified atom stereocenters. The summed E-state index contributed by atoms with van der Waals surface area (Å²) in [6.07, 6.45) is 0.881. The molecule has 1 aromatic heterocycles. The smallest absolute Gasteiger partial charge is 0.308 e. The molecule has 26 heavy (non-hydrogen) atoms. The maximum atomic E-state index is 13.1. The van der Waals surface area contributed by atoms with Gasteiger partial charge in [-0.1, -0.05) is 12.1 Å². The van der Waals surface area contributed by atoms with Crippen molar-refractivity contribution < 1.29 is 19.1 Å². The van der Waals surface area contributed by atoms with Crippen LogP contribution in [0.1, 0.15) is 34.9 Å². The number of carbonyl (C=O) groups is 2. The van der Waals surface area contributed by atoms with Crippen LogP contribution < -0.4 is 0 Å². The van der Waals surface area contributed by atoms with E-state index in [9.17, 15) is 19.1 Å². The van der Waals surface area contributed by atoms with E-state index in [0.717, 1.165) is 22.5 Å². The summed E-state index contributed by atoms with van der Waals surface area (Å²) in [6, 6.07) is 5.84. The maximum absolute atomic E-state index is 13.1. The number of H-pyrrole nitrogens is 1. The Morgan fingerprint density at radius 2 is 1.96 bits per heavy atom. The predicted octanol–water partition coefficient (Wildman–Crippen LogP) is 2.43. The summed E-state index contributed by atoms with van der Waals surface area (Å²) in [7, 11) is 0. The van der Waals surface area contributed by atoms with Crippen molar-refractivity contribution in [3.63, 3.8) is 0 Å². The van der Waals surface area contributed by atoms with Gasteiger partial charge in [0.1, 0.15) is 5.82 Å². The summed E-state index contributed by atoms with van der Waals surface area (Å²) in [4.78, 5) is 25.8. The van der Waals surface area contributed by atoms with Crippen molar-refractivity contribution in [3.8, 4) is 0 Å². The van der Waals surface area contributed by atoms with E-state index in [4.69, 9.17) is 0 Å². The highest BCUT2D eigenvalue weighted by atomic mass is 19.1. The number of carbonyl (C=O) groups excluding carboxylic acids is 1. The van der Waals surface area contributed by atoms with Crippen molar-refractivity contribution in [1.29, 1.82) is 0 Å². The van der Waals surface area contributed by atoms with Gasteiger partial charge in [-0.2, -0.15) is 5.10 Å². The fourth-order valence-electron chi connectivity index (χ4n) is 3.64. The molecule has 1 aliphatic heterocycles. The predicted molar refractivity (Wildman–Crippen MR) is 93.2 cm³/mol.